The molecular formula is C15H36N2. The lowest BCUT2D eigenvalue weighted by molar-refractivity contribution is 0.220. The van der Waals surface area contributed by atoms with Crippen LogP contribution in [-0.4, -0.2) is 17.6 Å². The molecule has 0 aromatic rings. The lowest BCUT2D eigenvalue weighted by Gasteiger charge is -2.22. The van der Waals surface area contributed by atoms with E-state index in [9.17, 15) is 0 Å². The molecule has 0 saturated carbocycles. The molecule has 2 heteroatoms. The minimum absolute atomic E-state index is 0.664. The van der Waals surface area contributed by atoms with Gasteiger partial charge in [0, 0.05) is 12.6 Å². The first-order chi connectivity index (χ1) is 8.25. The number of nitrogens with zero attached hydrogens (tertiary/aromatic N) is 1. The Morgan fingerprint density at radius 1 is 1.06 bits per heavy atom. The van der Waals surface area contributed by atoms with Gasteiger partial charge < -0.3 is 0 Å². The number of nitrogens with two attached hydrogens (primary N) is 1. The van der Waals surface area contributed by atoms with Crippen LogP contribution in [0.2, 0.25) is 0 Å². The number of hydrazine groups is 1. The maximum Gasteiger partial charge on any atom is 0.0267 e. The highest BCUT2D eigenvalue weighted by Crippen LogP contribution is 2.25. The molecule has 2 N–H and O–H groups in total. The fourth-order valence-electron chi connectivity index (χ4n) is 2.27. The van der Waals surface area contributed by atoms with Crippen molar-refractivity contribution in [2.24, 2.45) is 11.8 Å². The summed E-state index contributed by atoms with van der Waals surface area (Å²) in [5, 5.41) is 2.05. The van der Waals surface area contributed by atoms with Crippen LogP contribution in [0.25, 0.3) is 0 Å². The third-order valence-corrected chi connectivity index (χ3v) is 3.28. The van der Waals surface area contributed by atoms with Gasteiger partial charge in [0.25, 0.3) is 0 Å². The standard InChI is InChI=1S/C11H24N2.2C2H6/c1-3-4-5-6-7-11-10(2)8-9-13(11)12;2*1-2/h10-11H,3-9,12H2,1-2H3;2*1-2H3. The molecule has 1 aliphatic rings. The zero-order valence-electron chi connectivity index (χ0n) is 13.1. The number of hydrogen-bond acceptors (Lipinski definition) is 2. The Bertz CT molecular complexity index is 127. The van der Waals surface area contributed by atoms with Crippen molar-refractivity contribution in [2.45, 2.75) is 86.1 Å². The van der Waals surface area contributed by atoms with Gasteiger partial charge in [-0.25, -0.2) is 5.01 Å². The Kier molecular flexibility index (Phi) is 15.8. The van der Waals surface area contributed by atoms with Crippen LogP contribution in [0.1, 0.15) is 80.1 Å². The predicted octanol–water partition coefficient (Wildman–Crippen LogP) is 4.59. The van der Waals surface area contributed by atoms with Gasteiger partial charge in [0.05, 0.1) is 0 Å². The highest BCUT2D eigenvalue weighted by Gasteiger charge is 2.27. The fraction of sp³-hybridized carbons (Fsp3) is 1.00. The van der Waals surface area contributed by atoms with E-state index in [1.165, 1.54) is 38.5 Å². The van der Waals surface area contributed by atoms with Crippen molar-refractivity contribution < 1.29 is 0 Å². The smallest absolute Gasteiger partial charge is 0.0267 e. The molecule has 2 nitrogen and oxygen atoms in total. The van der Waals surface area contributed by atoms with Crippen molar-refractivity contribution >= 4 is 0 Å². The van der Waals surface area contributed by atoms with E-state index in [4.69, 9.17) is 5.84 Å². The van der Waals surface area contributed by atoms with Crippen molar-refractivity contribution in [3.05, 3.63) is 0 Å². The van der Waals surface area contributed by atoms with E-state index in [2.05, 4.69) is 18.9 Å². The van der Waals surface area contributed by atoms with Crippen LogP contribution in [0.3, 0.4) is 0 Å². The molecule has 0 radical (unpaired) electrons. The molecule has 0 amide bonds. The summed E-state index contributed by atoms with van der Waals surface area (Å²) < 4.78 is 0. The zero-order valence-corrected chi connectivity index (χ0v) is 13.1. The van der Waals surface area contributed by atoms with Crippen molar-refractivity contribution in [3.8, 4) is 0 Å². The second kappa shape index (κ2) is 14.0. The quantitative estimate of drug-likeness (QED) is 0.566. The van der Waals surface area contributed by atoms with E-state index in [0.29, 0.717) is 6.04 Å². The maximum atomic E-state index is 5.92. The molecule has 0 aliphatic carbocycles. The first kappa shape index (κ1) is 19.3. The van der Waals surface area contributed by atoms with Crippen LogP contribution in [0.5, 0.6) is 0 Å². The summed E-state index contributed by atoms with van der Waals surface area (Å²) in [5.74, 6) is 6.73. The zero-order chi connectivity index (χ0) is 13.7. The number of unbranched alkanes of at least 4 members (excludes halogenated alkanes) is 3. The molecule has 2 atom stereocenters. The molecule has 1 fully saturated rings. The maximum absolute atomic E-state index is 5.92. The third kappa shape index (κ3) is 8.62. The monoisotopic (exact) mass is 244 g/mol. The van der Waals surface area contributed by atoms with Crippen LogP contribution >= 0.6 is 0 Å². The fourth-order valence-corrected chi connectivity index (χ4v) is 2.27. The van der Waals surface area contributed by atoms with Crippen LogP contribution in [0.15, 0.2) is 0 Å². The molecule has 0 bridgehead atoms. The van der Waals surface area contributed by atoms with Gasteiger partial charge >= 0.3 is 0 Å². The van der Waals surface area contributed by atoms with Gasteiger partial charge in [-0.1, -0.05) is 67.2 Å². The summed E-state index contributed by atoms with van der Waals surface area (Å²) in [4.78, 5) is 0. The summed E-state index contributed by atoms with van der Waals surface area (Å²) in [7, 11) is 0. The summed E-state index contributed by atoms with van der Waals surface area (Å²) in [5.41, 5.74) is 0. The van der Waals surface area contributed by atoms with Gasteiger partial charge in [0.2, 0.25) is 0 Å². The Morgan fingerprint density at radius 2 is 1.65 bits per heavy atom. The summed E-state index contributed by atoms with van der Waals surface area (Å²) in [6.07, 6.45) is 8.04. The Labute approximate surface area is 110 Å². The molecule has 0 spiro atoms. The van der Waals surface area contributed by atoms with Gasteiger partial charge in [0.1, 0.15) is 0 Å². The molecule has 1 saturated heterocycles. The van der Waals surface area contributed by atoms with E-state index >= 15 is 0 Å². The van der Waals surface area contributed by atoms with Gasteiger partial charge in [-0.05, 0) is 18.8 Å². The largest absolute Gasteiger partial charge is 0.269 e. The first-order valence-corrected chi connectivity index (χ1v) is 7.77. The van der Waals surface area contributed by atoms with Gasteiger partial charge in [-0.3, -0.25) is 5.84 Å². The average Bonchev–Trinajstić information content (AvgIpc) is 2.70. The Hall–Kier alpha value is -0.0800. The highest BCUT2D eigenvalue weighted by atomic mass is 15.4. The summed E-state index contributed by atoms with van der Waals surface area (Å²) in [6, 6.07) is 0.664. The molecule has 0 aromatic carbocycles. The predicted molar refractivity (Wildman–Crippen MR) is 79.9 cm³/mol. The molecule has 1 heterocycles. The molecule has 1 aliphatic heterocycles. The number of hydrogen-bond donors (Lipinski definition) is 1. The molecule has 106 valence electrons. The minimum Gasteiger partial charge on any atom is -0.269 e. The van der Waals surface area contributed by atoms with Crippen molar-refractivity contribution in [1.82, 2.24) is 5.01 Å². The van der Waals surface area contributed by atoms with Crippen molar-refractivity contribution in [2.75, 3.05) is 6.54 Å². The SMILES string of the molecule is CC.CC.CCCCCCC1C(C)CCN1N. The van der Waals surface area contributed by atoms with E-state index in [1.807, 2.05) is 27.7 Å². The third-order valence-electron chi connectivity index (χ3n) is 3.28. The first-order valence-electron chi connectivity index (χ1n) is 7.77. The van der Waals surface area contributed by atoms with Gasteiger partial charge in [0.15, 0.2) is 0 Å². The van der Waals surface area contributed by atoms with Crippen LogP contribution in [0, 0.1) is 5.92 Å². The minimum atomic E-state index is 0.664. The van der Waals surface area contributed by atoms with Gasteiger partial charge in [-0.2, -0.15) is 0 Å². The van der Waals surface area contributed by atoms with Crippen molar-refractivity contribution in [1.29, 1.82) is 0 Å². The lowest BCUT2D eigenvalue weighted by atomic mass is 9.97. The average molecular weight is 244 g/mol. The highest BCUT2D eigenvalue weighted by molar-refractivity contribution is 4.80. The number of rotatable bonds is 5. The molecule has 1 rings (SSSR count). The van der Waals surface area contributed by atoms with E-state index < -0.39 is 0 Å². The topological polar surface area (TPSA) is 29.3 Å². The molecule has 2 unspecified atom stereocenters. The van der Waals surface area contributed by atoms with Crippen LogP contribution in [0.4, 0.5) is 0 Å². The van der Waals surface area contributed by atoms with Crippen LogP contribution in [-0.2, 0) is 0 Å². The normalized spacial score (nSPS) is 23.5. The van der Waals surface area contributed by atoms with E-state index in [1.54, 1.807) is 0 Å². The van der Waals surface area contributed by atoms with E-state index in [0.717, 1.165) is 12.5 Å². The lowest BCUT2D eigenvalue weighted by Crippen LogP contribution is -2.37. The Balaban J connectivity index is 0. The Morgan fingerprint density at radius 3 is 2.06 bits per heavy atom. The summed E-state index contributed by atoms with van der Waals surface area (Å²) in [6.45, 7) is 13.7. The second-order valence-electron chi connectivity index (χ2n) is 4.42. The van der Waals surface area contributed by atoms with Crippen molar-refractivity contribution in [3.63, 3.8) is 0 Å². The molecule has 0 aromatic heterocycles. The molecular weight excluding hydrogens is 208 g/mol. The second-order valence-corrected chi connectivity index (χ2v) is 4.42. The van der Waals surface area contributed by atoms with Gasteiger partial charge in [-0.15, -0.1) is 0 Å². The van der Waals surface area contributed by atoms with Crippen LogP contribution < -0.4 is 5.84 Å². The summed E-state index contributed by atoms with van der Waals surface area (Å²) >= 11 is 0. The van der Waals surface area contributed by atoms with E-state index in [-0.39, 0.29) is 0 Å². The molecule has 17 heavy (non-hydrogen) atoms.